The Balaban J connectivity index is 2.30. The summed E-state index contributed by atoms with van der Waals surface area (Å²) in [6, 6.07) is 8.05. The van der Waals surface area contributed by atoms with Crippen LogP contribution in [0.25, 0.3) is 0 Å². The minimum atomic E-state index is -0.647. The SMILES string of the molecule is CN(C)c1cccc(C2(O)CNC2)c1. The van der Waals surface area contributed by atoms with Crippen LogP contribution in [0.2, 0.25) is 0 Å². The topological polar surface area (TPSA) is 35.5 Å². The minimum absolute atomic E-state index is 0.647. The van der Waals surface area contributed by atoms with Crippen LogP contribution in [0.3, 0.4) is 0 Å². The molecule has 2 rings (SSSR count). The molecule has 3 nitrogen and oxygen atoms in total. The number of anilines is 1. The fourth-order valence-electron chi connectivity index (χ4n) is 1.64. The highest BCUT2D eigenvalue weighted by molar-refractivity contribution is 5.49. The standard InChI is InChI=1S/C11H16N2O/c1-13(2)10-5-3-4-9(6-10)11(14)7-12-8-11/h3-6,12,14H,7-8H2,1-2H3. The first-order chi connectivity index (χ1) is 6.62. The van der Waals surface area contributed by atoms with Gasteiger partial charge in [-0.2, -0.15) is 0 Å². The summed E-state index contributed by atoms with van der Waals surface area (Å²) < 4.78 is 0. The van der Waals surface area contributed by atoms with E-state index in [4.69, 9.17) is 0 Å². The van der Waals surface area contributed by atoms with Crippen LogP contribution in [0.4, 0.5) is 5.69 Å². The maximum Gasteiger partial charge on any atom is 0.114 e. The Hall–Kier alpha value is -1.06. The Morgan fingerprint density at radius 2 is 2.07 bits per heavy atom. The van der Waals surface area contributed by atoms with Crippen molar-refractivity contribution in [3.05, 3.63) is 29.8 Å². The third kappa shape index (κ3) is 1.49. The Bertz CT molecular complexity index is 332. The number of nitrogens with one attached hydrogen (secondary N) is 1. The molecule has 76 valence electrons. The van der Waals surface area contributed by atoms with Gasteiger partial charge >= 0.3 is 0 Å². The Labute approximate surface area is 84.4 Å². The minimum Gasteiger partial charge on any atom is -0.382 e. The summed E-state index contributed by atoms with van der Waals surface area (Å²) in [5.74, 6) is 0. The van der Waals surface area contributed by atoms with E-state index in [2.05, 4.69) is 5.32 Å². The molecule has 1 saturated heterocycles. The lowest BCUT2D eigenvalue weighted by Crippen LogP contribution is -2.56. The van der Waals surface area contributed by atoms with Crippen molar-refractivity contribution in [1.29, 1.82) is 0 Å². The van der Waals surface area contributed by atoms with E-state index in [1.165, 1.54) is 0 Å². The van der Waals surface area contributed by atoms with Crippen molar-refractivity contribution in [2.75, 3.05) is 32.1 Å². The van der Waals surface area contributed by atoms with Gasteiger partial charge in [0.05, 0.1) is 0 Å². The van der Waals surface area contributed by atoms with Gasteiger partial charge in [0.1, 0.15) is 5.60 Å². The molecule has 1 aromatic carbocycles. The van der Waals surface area contributed by atoms with Gasteiger partial charge in [0.15, 0.2) is 0 Å². The van der Waals surface area contributed by atoms with Crippen molar-refractivity contribution in [3.63, 3.8) is 0 Å². The molecule has 0 spiro atoms. The summed E-state index contributed by atoms with van der Waals surface area (Å²) in [6.07, 6.45) is 0. The van der Waals surface area contributed by atoms with Crippen LogP contribution in [0.1, 0.15) is 5.56 Å². The molecule has 14 heavy (non-hydrogen) atoms. The second kappa shape index (κ2) is 3.26. The molecule has 0 aromatic heterocycles. The predicted octanol–water partition coefficient (Wildman–Crippen LogP) is 0.543. The quantitative estimate of drug-likeness (QED) is 0.718. The summed E-state index contributed by atoms with van der Waals surface area (Å²) in [4.78, 5) is 2.04. The molecule has 0 radical (unpaired) electrons. The van der Waals surface area contributed by atoms with Gasteiger partial charge in [-0.25, -0.2) is 0 Å². The number of nitrogens with zero attached hydrogens (tertiary/aromatic N) is 1. The molecule has 0 saturated carbocycles. The van der Waals surface area contributed by atoms with E-state index in [0.717, 1.165) is 11.3 Å². The molecular weight excluding hydrogens is 176 g/mol. The molecule has 2 N–H and O–H groups in total. The maximum absolute atomic E-state index is 10.1. The molecule has 1 aliphatic rings. The highest BCUT2D eigenvalue weighted by Gasteiger charge is 2.36. The normalized spacial score (nSPS) is 18.8. The largest absolute Gasteiger partial charge is 0.382 e. The molecule has 0 unspecified atom stereocenters. The van der Waals surface area contributed by atoms with Crippen LogP contribution in [0, 0.1) is 0 Å². The first-order valence-electron chi connectivity index (χ1n) is 4.83. The van der Waals surface area contributed by atoms with Gasteiger partial charge in [0, 0.05) is 32.9 Å². The zero-order valence-corrected chi connectivity index (χ0v) is 8.62. The number of rotatable bonds is 2. The van der Waals surface area contributed by atoms with Crippen LogP contribution in [-0.2, 0) is 5.60 Å². The van der Waals surface area contributed by atoms with E-state index in [9.17, 15) is 5.11 Å². The molecule has 0 amide bonds. The van der Waals surface area contributed by atoms with Crippen molar-refractivity contribution in [2.45, 2.75) is 5.60 Å². The Morgan fingerprint density at radius 3 is 2.57 bits per heavy atom. The zero-order valence-electron chi connectivity index (χ0n) is 8.62. The van der Waals surface area contributed by atoms with Crippen LogP contribution in [-0.4, -0.2) is 32.3 Å². The number of hydrogen-bond acceptors (Lipinski definition) is 3. The average Bonchev–Trinajstić information content (AvgIpc) is 2.14. The van der Waals surface area contributed by atoms with E-state index >= 15 is 0 Å². The van der Waals surface area contributed by atoms with Gasteiger partial charge in [0.2, 0.25) is 0 Å². The Kier molecular flexibility index (Phi) is 2.21. The summed E-state index contributed by atoms with van der Waals surface area (Å²) >= 11 is 0. The Morgan fingerprint density at radius 1 is 1.36 bits per heavy atom. The van der Waals surface area contributed by atoms with Gasteiger partial charge in [-0.15, -0.1) is 0 Å². The van der Waals surface area contributed by atoms with Gasteiger partial charge < -0.3 is 15.3 Å². The molecule has 0 bridgehead atoms. The number of hydrogen-bond donors (Lipinski definition) is 2. The zero-order chi connectivity index (χ0) is 10.2. The number of benzene rings is 1. The highest BCUT2D eigenvalue weighted by Crippen LogP contribution is 2.27. The van der Waals surface area contributed by atoms with E-state index < -0.39 is 5.60 Å². The molecule has 0 aliphatic carbocycles. The lowest BCUT2D eigenvalue weighted by molar-refractivity contribution is -0.0146. The number of β-amino-alcohol motifs (C(OH)–C–C–N with tert-alkyl or cyclic N) is 1. The molecular formula is C11H16N2O. The van der Waals surface area contributed by atoms with Gasteiger partial charge in [0.25, 0.3) is 0 Å². The van der Waals surface area contributed by atoms with Crippen molar-refractivity contribution >= 4 is 5.69 Å². The van der Waals surface area contributed by atoms with Crippen molar-refractivity contribution < 1.29 is 5.11 Å². The van der Waals surface area contributed by atoms with Crippen molar-refractivity contribution in [3.8, 4) is 0 Å². The monoisotopic (exact) mass is 192 g/mol. The predicted molar refractivity (Wildman–Crippen MR) is 57.5 cm³/mol. The third-order valence-electron chi connectivity index (χ3n) is 2.73. The highest BCUT2D eigenvalue weighted by atomic mass is 16.3. The van der Waals surface area contributed by atoms with Gasteiger partial charge in [-0.3, -0.25) is 0 Å². The van der Waals surface area contributed by atoms with E-state index in [1.807, 2.05) is 43.3 Å². The average molecular weight is 192 g/mol. The lowest BCUT2D eigenvalue weighted by atomic mass is 9.88. The first-order valence-corrected chi connectivity index (χ1v) is 4.83. The van der Waals surface area contributed by atoms with Crippen LogP contribution < -0.4 is 10.2 Å². The van der Waals surface area contributed by atoms with E-state index in [0.29, 0.717) is 13.1 Å². The molecule has 3 heteroatoms. The molecule has 1 fully saturated rings. The van der Waals surface area contributed by atoms with E-state index in [1.54, 1.807) is 0 Å². The smallest absolute Gasteiger partial charge is 0.114 e. The van der Waals surface area contributed by atoms with Gasteiger partial charge in [-0.1, -0.05) is 12.1 Å². The van der Waals surface area contributed by atoms with Gasteiger partial charge in [-0.05, 0) is 17.7 Å². The van der Waals surface area contributed by atoms with Crippen molar-refractivity contribution in [2.24, 2.45) is 0 Å². The lowest BCUT2D eigenvalue weighted by Gasteiger charge is -2.38. The molecule has 0 atom stereocenters. The molecule has 1 aliphatic heterocycles. The molecule has 1 aromatic rings. The maximum atomic E-state index is 10.1. The second-order valence-corrected chi connectivity index (χ2v) is 4.08. The summed E-state index contributed by atoms with van der Waals surface area (Å²) in [5.41, 5.74) is 1.48. The first kappa shape index (κ1) is 9.49. The van der Waals surface area contributed by atoms with Crippen LogP contribution >= 0.6 is 0 Å². The second-order valence-electron chi connectivity index (χ2n) is 4.08. The van der Waals surface area contributed by atoms with E-state index in [-0.39, 0.29) is 0 Å². The van der Waals surface area contributed by atoms with Crippen molar-refractivity contribution in [1.82, 2.24) is 5.32 Å². The fraction of sp³-hybridized carbons (Fsp3) is 0.455. The summed E-state index contributed by atoms with van der Waals surface area (Å²) in [5, 5.41) is 13.2. The third-order valence-corrected chi connectivity index (χ3v) is 2.73. The molecule has 1 heterocycles. The van der Waals surface area contributed by atoms with Crippen LogP contribution in [0.15, 0.2) is 24.3 Å². The number of aliphatic hydroxyl groups is 1. The summed E-state index contributed by atoms with van der Waals surface area (Å²) in [6.45, 7) is 1.31. The fourth-order valence-corrected chi connectivity index (χ4v) is 1.64. The van der Waals surface area contributed by atoms with Crippen LogP contribution in [0.5, 0.6) is 0 Å². The summed E-state index contributed by atoms with van der Waals surface area (Å²) in [7, 11) is 4.00.